The second-order valence-electron chi connectivity index (χ2n) is 2.55. The number of aliphatic hydroxyl groups excluding tert-OH is 1. The lowest BCUT2D eigenvalue weighted by Gasteiger charge is -1.98. The Morgan fingerprint density at radius 3 is 2.79 bits per heavy atom. The van der Waals surface area contributed by atoms with E-state index in [2.05, 4.69) is 10.2 Å². The van der Waals surface area contributed by atoms with Crippen molar-refractivity contribution in [1.82, 2.24) is 10.2 Å². The van der Waals surface area contributed by atoms with E-state index in [0.29, 0.717) is 6.42 Å². The molecule has 0 spiro atoms. The Morgan fingerprint density at radius 1 is 1.50 bits per heavy atom. The van der Waals surface area contributed by atoms with Crippen LogP contribution in [0.5, 0.6) is 0 Å². The minimum Gasteiger partial charge on any atom is -0.396 e. The van der Waals surface area contributed by atoms with Crippen molar-refractivity contribution >= 4 is 17.7 Å². The zero-order valence-corrected chi connectivity index (χ0v) is 8.33. The van der Waals surface area contributed by atoms with Crippen LogP contribution in [0.2, 0.25) is 0 Å². The first-order valence-electron chi connectivity index (χ1n) is 4.11. The second-order valence-corrected chi connectivity index (χ2v) is 3.66. The molecule has 0 saturated heterocycles. The molecule has 6 heteroatoms. The number of nitrogens with two attached hydrogens (primary N) is 1. The third-order valence-electron chi connectivity index (χ3n) is 1.44. The first kappa shape index (κ1) is 10.9. The summed E-state index contributed by atoms with van der Waals surface area (Å²) in [5.41, 5.74) is 5.17. The fourth-order valence-electron chi connectivity index (χ4n) is 0.770. The van der Waals surface area contributed by atoms with Gasteiger partial charge >= 0.3 is 0 Å². The zero-order chi connectivity index (χ0) is 10.4. The van der Waals surface area contributed by atoms with Crippen molar-refractivity contribution in [3.05, 3.63) is 17.8 Å². The van der Waals surface area contributed by atoms with Crippen LogP contribution in [0.1, 0.15) is 16.9 Å². The van der Waals surface area contributed by atoms with Crippen LogP contribution in [0, 0.1) is 0 Å². The molecule has 1 amide bonds. The predicted molar refractivity (Wildman–Crippen MR) is 53.0 cm³/mol. The SMILES string of the molecule is NC(=O)c1ccc(SCCCO)nn1. The van der Waals surface area contributed by atoms with E-state index in [4.69, 9.17) is 10.8 Å². The van der Waals surface area contributed by atoms with E-state index in [1.165, 1.54) is 17.8 Å². The molecule has 0 aromatic carbocycles. The van der Waals surface area contributed by atoms with Gasteiger partial charge in [0.25, 0.3) is 5.91 Å². The van der Waals surface area contributed by atoms with Crippen molar-refractivity contribution in [3.63, 3.8) is 0 Å². The maximum absolute atomic E-state index is 10.7. The molecular formula is C8H11N3O2S. The molecule has 76 valence electrons. The number of amides is 1. The van der Waals surface area contributed by atoms with E-state index in [9.17, 15) is 4.79 Å². The van der Waals surface area contributed by atoms with E-state index in [-0.39, 0.29) is 12.3 Å². The normalized spacial score (nSPS) is 10.1. The monoisotopic (exact) mass is 213 g/mol. The summed E-state index contributed by atoms with van der Waals surface area (Å²) in [5.74, 6) is 0.200. The molecule has 0 bridgehead atoms. The first-order chi connectivity index (χ1) is 6.74. The van der Waals surface area contributed by atoms with E-state index in [1.54, 1.807) is 6.07 Å². The lowest BCUT2D eigenvalue weighted by molar-refractivity contribution is 0.0994. The third kappa shape index (κ3) is 3.31. The third-order valence-corrected chi connectivity index (χ3v) is 2.45. The van der Waals surface area contributed by atoms with E-state index >= 15 is 0 Å². The number of hydrogen-bond donors (Lipinski definition) is 2. The highest BCUT2D eigenvalue weighted by Gasteiger charge is 2.02. The van der Waals surface area contributed by atoms with Crippen LogP contribution in [-0.2, 0) is 0 Å². The van der Waals surface area contributed by atoms with Crippen molar-refractivity contribution in [1.29, 1.82) is 0 Å². The van der Waals surface area contributed by atoms with Gasteiger partial charge in [0.15, 0.2) is 5.69 Å². The zero-order valence-electron chi connectivity index (χ0n) is 7.51. The van der Waals surface area contributed by atoms with E-state index in [1.807, 2.05) is 0 Å². The summed E-state index contributed by atoms with van der Waals surface area (Å²) in [5, 5.41) is 16.7. The van der Waals surface area contributed by atoms with Crippen molar-refractivity contribution in [3.8, 4) is 0 Å². The molecule has 0 unspecified atom stereocenters. The summed E-state index contributed by atoms with van der Waals surface area (Å²) < 4.78 is 0. The van der Waals surface area contributed by atoms with Crippen molar-refractivity contribution in [2.45, 2.75) is 11.4 Å². The Hall–Kier alpha value is -1.14. The van der Waals surface area contributed by atoms with Crippen molar-refractivity contribution in [2.75, 3.05) is 12.4 Å². The molecular weight excluding hydrogens is 202 g/mol. The van der Waals surface area contributed by atoms with Crippen LogP contribution in [-0.4, -0.2) is 33.6 Å². The standard InChI is InChI=1S/C8H11N3O2S/c9-8(13)6-2-3-7(11-10-6)14-5-1-4-12/h2-3,12H,1,4-5H2,(H2,9,13). The van der Waals surface area contributed by atoms with Gasteiger partial charge in [-0.15, -0.1) is 22.0 Å². The maximum Gasteiger partial charge on any atom is 0.269 e. The molecule has 0 fully saturated rings. The topological polar surface area (TPSA) is 89.1 Å². The number of thioether (sulfide) groups is 1. The number of aliphatic hydroxyl groups is 1. The van der Waals surface area contributed by atoms with Gasteiger partial charge in [0.1, 0.15) is 5.03 Å². The van der Waals surface area contributed by atoms with Gasteiger partial charge in [-0.25, -0.2) is 0 Å². The number of hydrogen-bond acceptors (Lipinski definition) is 5. The smallest absolute Gasteiger partial charge is 0.269 e. The molecule has 1 rings (SSSR count). The highest BCUT2D eigenvalue weighted by Crippen LogP contribution is 2.14. The predicted octanol–water partition coefficient (Wildman–Crippen LogP) is 0.0500. The summed E-state index contributed by atoms with van der Waals surface area (Å²) in [6.07, 6.45) is 0.712. The molecule has 5 nitrogen and oxygen atoms in total. The van der Waals surface area contributed by atoms with Crippen LogP contribution in [0.15, 0.2) is 17.2 Å². The summed E-state index contributed by atoms with van der Waals surface area (Å²) in [7, 11) is 0. The average Bonchev–Trinajstić information content (AvgIpc) is 2.19. The summed E-state index contributed by atoms with van der Waals surface area (Å²) in [6.45, 7) is 0.166. The van der Waals surface area contributed by atoms with Gasteiger partial charge in [-0.05, 0) is 18.6 Å². The van der Waals surface area contributed by atoms with Gasteiger partial charge < -0.3 is 10.8 Å². The van der Waals surface area contributed by atoms with Gasteiger partial charge in [0.2, 0.25) is 0 Å². The Balaban J connectivity index is 2.51. The van der Waals surface area contributed by atoms with Gasteiger partial charge in [0, 0.05) is 12.4 Å². The van der Waals surface area contributed by atoms with Crippen LogP contribution < -0.4 is 5.73 Å². The van der Waals surface area contributed by atoms with E-state index < -0.39 is 5.91 Å². The number of aromatic nitrogens is 2. The minimum absolute atomic E-state index is 0.163. The molecule has 14 heavy (non-hydrogen) atoms. The van der Waals surface area contributed by atoms with Gasteiger partial charge in [-0.3, -0.25) is 4.79 Å². The highest BCUT2D eigenvalue weighted by molar-refractivity contribution is 7.99. The van der Waals surface area contributed by atoms with Crippen LogP contribution in [0.25, 0.3) is 0 Å². The van der Waals surface area contributed by atoms with Gasteiger partial charge in [0.05, 0.1) is 0 Å². The molecule has 0 aliphatic rings. The minimum atomic E-state index is -0.579. The molecule has 3 N–H and O–H groups in total. The average molecular weight is 213 g/mol. The Kier molecular flexibility index (Phi) is 4.34. The Morgan fingerprint density at radius 2 is 2.29 bits per heavy atom. The number of carbonyl (C=O) groups excluding carboxylic acids is 1. The molecule has 0 atom stereocenters. The van der Waals surface area contributed by atoms with Gasteiger partial charge in [-0.2, -0.15) is 0 Å². The first-order valence-corrected chi connectivity index (χ1v) is 5.10. The maximum atomic E-state index is 10.7. The number of nitrogens with zero attached hydrogens (tertiary/aromatic N) is 2. The van der Waals surface area contributed by atoms with E-state index in [0.717, 1.165) is 10.8 Å². The summed E-state index contributed by atoms with van der Waals surface area (Å²) in [4.78, 5) is 10.7. The Labute approximate surface area is 85.7 Å². The second kappa shape index (κ2) is 5.56. The fourth-order valence-corrected chi connectivity index (χ4v) is 1.52. The lowest BCUT2D eigenvalue weighted by atomic mass is 10.4. The number of primary amides is 1. The highest BCUT2D eigenvalue weighted by atomic mass is 32.2. The largest absolute Gasteiger partial charge is 0.396 e. The molecule has 1 heterocycles. The molecule has 0 saturated carbocycles. The van der Waals surface area contributed by atoms with Crippen molar-refractivity contribution < 1.29 is 9.90 Å². The van der Waals surface area contributed by atoms with Crippen molar-refractivity contribution in [2.24, 2.45) is 5.73 Å². The van der Waals surface area contributed by atoms with Crippen LogP contribution in [0.4, 0.5) is 0 Å². The quantitative estimate of drug-likeness (QED) is 0.533. The van der Waals surface area contributed by atoms with Crippen LogP contribution >= 0.6 is 11.8 Å². The summed E-state index contributed by atoms with van der Waals surface area (Å²) in [6, 6.07) is 3.23. The molecule has 0 radical (unpaired) electrons. The van der Waals surface area contributed by atoms with Crippen LogP contribution in [0.3, 0.4) is 0 Å². The number of rotatable bonds is 5. The Bertz CT molecular complexity index is 302. The molecule has 1 aromatic rings. The lowest BCUT2D eigenvalue weighted by Crippen LogP contribution is -2.13. The summed E-state index contributed by atoms with van der Waals surface area (Å²) >= 11 is 1.48. The number of carbonyl (C=O) groups is 1. The molecule has 0 aliphatic heterocycles. The molecule has 1 aromatic heterocycles. The fraction of sp³-hybridized carbons (Fsp3) is 0.375. The van der Waals surface area contributed by atoms with Gasteiger partial charge in [-0.1, -0.05) is 0 Å². The molecule has 0 aliphatic carbocycles.